The van der Waals surface area contributed by atoms with Crippen LogP contribution in [0.2, 0.25) is 0 Å². The van der Waals surface area contributed by atoms with Gasteiger partial charge >= 0.3 is 0 Å². The molecule has 0 bridgehead atoms. The van der Waals surface area contributed by atoms with Crippen molar-refractivity contribution in [2.24, 2.45) is 0 Å². The number of rotatable bonds is 23. The van der Waals surface area contributed by atoms with Crippen molar-refractivity contribution < 1.29 is 13.9 Å². The molecule has 0 saturated heterocycles. The normalized spacial score (nSPS) is 12.4. The molecule has 0 radical (unpaired) electrons. The van der Waals surface area contributed by atoms with Crippen molar-refractivity contribution in [2.75, 3.05) is 38.5 Å². The van der Waals surface area contributed by atoms with Crippen molar-refractivity contribution in [1.29, 1.82) is 0 Å². The number of nitrogens with two attached hydrogens (primary N) is 1. The van der Waals surface area contributed by atoms with Crippen molar-refractivity contribution in [3.8, 4) is 5.75 Å². The first kappa shape index (κ1) is 35.6. The van der Waals surface area contributed by atoms with Crippen LogP contribution in [0.3, 0.4) is 0 Å². The lowest BCUT2D eigenvalue weighted by Crippen LogP contribution is -2.43. The standard InChI is InChI=1S/C38H59N3O3/c1-6-11-16-35-37(33-29-31(39)19-22-34(33)44-35)38(42)30-17-20-32(21-18-30)43-36(41(26-14-9-4)27-15-10-5)23-28-40(24-12-7-2)25-13-8-3/h17-22,29,36H,6-16,23-28,39H2,1-5H3. The molecule has 0 aliphatic heterocycles. The van der Waals surface area contributed by atoms with Gasteiger partial charge in [-0.15, -0.1) is 0 Å². The van der Waals surface area contributed by atoms with Gasteiger partial charge in [0.25, 0.3) is 0 Å². The number of hydrogen-bond donors (Lipinski definition) is 1. The Kier molecular flexibility index (Phi) is 15.8. The van der Waals surface area contributed by atoms with E-state index in [0.717, 1.165) is 88.1 Å². The summed E-state index contributed by atoms with van der Waals surface area (Å²) >= 11 is 0. The molecule has 3 rings (SSSR count). The summed E-state index contributed by atoms with van der Waals surface area (Å²) in [5.41, 5.74) is 8.72. The van der Waals surface area contributed by atoms with Gasteiger partial charge in [0.1, 0.15) is 17.1 Å². The van der Waals surface area contributed by atoms with Crippen molar-refractivity contribution >= 4 is 22.4 Å². The van der Waals surface area contributed by atoms with Gasteiger partial charge in [-0.1, -0.05) is 66.7 Å². The minimum absolute atomic E-state index is 0.00171. The highest BCUT2D eigenvalue weighted by Crippen LogP contribution is 2.31. The monoisotopic (exact) mass is 605 g/mol. The number of carbonyl (C=O) groups is 1. The lowest BCUT2D eigenvalue weighted by Gasteiger charge is -2.34. The molecular weight excluding hydrogens is 546 g/mol. The first-order valence-corrected chi connectivity index (χ1v) is 17.5. The number of fused-ring (bicyclic) bond motifs is 1. The van der Waals surface area contributed by atoms with Crippen LogP contribution in [0.5, 0.6) is 5.75 Å². The van der Waals surface area contributed by atoms with E-state index in [-0.39, 0.29) is 12.0 Å². The Bertz CT molecular complexity index is 1220. The molecule has 0 amide bonds. The lowest BCUT2D eigenvalue weighted by atomic mass is 9.98. The van der Waals surface area contributed by atoms with Gasteiger partial charge < -0.3 is 19.8 Å². The van der Waals surface area contributed by atoms with Gasteiger partial charge in [0, 0.05) is 49.1 Å². The quantitative estimate of drug-likeness (QED) is 0.0659. The smallest absolute Gasteiger partial charge is 0.197 e. The predicted molar refractivity (Wildman–Crippen MR) is 186 cm³/mol. The Hall–Kier alpha value is -2.83. The van der Waals surface area contributed by atoms with Gasteiger partial charge in [0.15, 0.2) is 12.0 Å². The molecule has 1 aromatic heterocycles. The van der Waals surface area contributed by atoms with Crippen LogP contribution in [-0.2, 0) is 6.42 Å². The fourth-order valence-electron chi connectivity index (χ4n) is 5.74. The van der Waals surface area contributed by atoms with Crippen LogP contribution < -0.4 is 10.5 Å². The Balaban J connectivity index is 1.84. The second kappa shape index (κ2) is 19.5. The molecule has 44 heavy (non-hydrogen) atoms. The first-order chi connectivity index (χ1) is 21.4. The Morgan fingerprint density at radius 3 is 1.95 bits per heavy atom. The number of unbranched alkanes of at least 4 members (excludes halogenated alkanes) is 5. The fraction of sp³-hybridized carbons (Fsp3) is 0.605. The second-order valence-corrected chi connectivity index (χ2v) is 12.3. The molecule has 6 heteroatoms. The van der Waals surface area contributed by atoms with Gasteiger partial charge in [0.05, 0.1) is 5.56 Å². The number of anilines is 1. The Morgan fingerprint density at radius 2 is 1.36 bits per heavy atom. The molecule has 1 atom stereocenters. The highest BCUT2D eigenvalue weighted by atomic mass is 16.5. The van der Waals surface area contributed by atoms with Gasteiger partial charge in [0.2, 0.25) is 0 Å². The van der Waals surface area contributed by atoms with Gasteiger partial charge in [-0.3, -0.25) is 9.69 Å². The molecule has 2 aromatic carbocycles. The van der Waals surface area contributed by atoms with E-state index in [9.17, 15) is 4.79 Å². The van der Waals surface area contributed by atoms with Crippen LogP contribution in [0.25, 0.3) is 11.0 Å². The molecule has 0 fully saturated rings. The van der Waals surface area contributed by atoms with Crippen LogP contribution in [0, 0.1) is 0 Å². The molecule has 1 heterocycles. The number of aryl methyl sites for hydroxylation is 1. The average Bonchev–Trinajstić information content (AvgIpc) is 3.40. The SMILES string of the molecule is CCCCc1oc2ccc(N)cc2c1C(=O)c1ccc(OC(CCN(CCCC)CCCC)N(CCCC)CCCC)cc1. The van der Waals surface area contributed by atoms with E-state index in [0.29, 0.717) is 22.4 Å². The molecule has 0 aliphatic rings. The fourth-order valence-corrected chi connectivity index (χ4v) is 5.74. The maximum Gasteiger partial charge on any atom is 0.197 e. The van der Waals surface area contributed by atoms with Crippen molar-refractivity contribution in [3.05, 3.63) is 59.4 Å². The highest BCUT2D eigenvalue weighted by Gasteiger charge is 2.24. The van der Waals surface area contributed by atoms with E-state index in [1.165, 1.54) is 38.5 Å². The Labute approximate surface area is 267 Å². The molecule has 6 nitrogen and oxygen atoms in total. The number of nitrogen functional groups attached to an aromatic ring is 1. The van der Waals surface area contributed by atoms with Gasteiger partial charge in [-0.05, 0) is 87.7 Å². The van der Waals surface area contributed by atoms with Crippen LogP contribution in [0.4, 0.5) is 5.69 Å². The lowest BCUT2D eigenvalue weighted by molar-refractivity contribution is 0.00931. The number of ether oxygens (including phenoxy) is 1. The van der Waals surface area contributed by atoms with Crippen molar-refractivity contribution in [1.82, 2.24) is 9.80 Å². The van der Waals surface area contributed by atoms with E-state index >= 15 is 0 Å². The molecular formula is C38H59N3O3. The van der Waals surface area contributed by atoms with Crippen LogP contribution >= 0.6 is 0 Å². The molecule has 2 N–H and O–H groups in total. The molecule has 0 saturated carbocycles. The zero-order valence-corrected chi connectivity index (χ0v) is 28.3. The van der Waals surface area contributed by atoms with Gasteiger partial charge in [-0.25, -0.2) is 0 Å². The summed E-state index contributed by atoms with van der Waals surface area (Å²) in [6.07, 6.45) is 13.3. The number of benzene rings is 2. The maximum absolute atomic E-state index is 13.9. The van der Waals surface area contributed by atoms with E-state index < -0.39 is 0 Å². The molecule has 244 valence electrons. The maximum atomic E-state index is 13.9. The van der Waals surface area contributed by atoms with Gasteiger partial charge in [-0.2, -0.15) is 0 Å². The summed E-state index contributed by atoms with van der Waals surface area (Å²) in [5, 5.41) is 0.791. The molecule has 3 aromatic rings. The number of nitrogens with zero attached hydrogens (tertiary/aromatic N) is 2. The van der Waals surface area contributed by atoms with E-state index in [1.54, 1.807) is 0 Å². The number of ketones is 1. The Morgan fingerprint density at radius 1 is 0.773 bits per heavy atom. The summed E-state index contributed by atoms with van der Waals surface area (Å²) in [7, 11) is 0. The summed E-state index contributed by atoms with van der Waals surface area (Å²) in [5.74, 6) is 1.53. The minimum atomic E-state index is -0.0291. The minimum Gasteiger partial charge on any atom is -0.475 e. The first-order valence-electron chi connectivity index (χ1n) is 17.5. The summed E-state index contributed by atoms with van der Waals surface area (Å²) in [6, 6.07) is 13.3. The zero-order valence-electron chi connectivity index (χ0n) is 28.3. The predicted octanol–water partition coefficient (Wildman–Crippen LogP) is 9.49. The third-order valence-corrected chi connectivity index (χ3v) is 8.51. The molecule has 0 aliphatic carbocycles. The average molecular weight is 606 g/mol. The second-order valence-electron chi connectivity index (χ2n) is 12.3. The van der Waals surface area contributed by atoms with E-state index in [1.807, 2.05) is 42.5 Å². The largest absolute Gasteiger partial charge is 0.475 e. The number of carbonyl (C=O) groups excluding carboxylic acids is 1. The van der Waals surface area contributed by atoms with Crippen molar-refractivity contribution in [2.45, 2.75) is 118 Å². The molecule has 0 spiro atoms. The van der Waals surface area contributed by atoms with Crippen LogP contribution in [-0.4, -0.2) is 54.5 Å². The van der Waals surface area contributed by atoms with E-state index in [4.69, 9.17) is 14.9 Å². The highest BCUT2D eigenvalue weighted by molar-refractivity contribution is 6.17. The van der Waals surface area contributed by atoms with Crippen LogP contribution in [0.15, 0.2) is 46.9 Å². The number of hydrogen-bond acceptors (Lipinski definition) is 6. The molecule has 1 unspecified atom stereocenters. The van der Waals surface area contributed by atoms with E-state index in [2.05, 4.69) is 44.4 Å². The zero-order chi connectivity index (χ0) is 31.7. The van der Waals surface area contributed by atoms with Crippen LogP contribution in [0.1, 0.15) is 127 Å². The summed E-state index contributed by atoms with van der Waals surface area (Å²) in [6.45, 7) is 16.6. The third kappa shape index (κ3) is 10.7. The summed E-state index contributed by atoms with van der Waals surface area (Å²) < 4.78 is 12.9. The topological polar surface area (TPSA) is 71.9 Å². The van der Waals surface area contributed by atoms with Crippen molar-refractivity contribution in [3.63, 3.8) is 0 Å². The number of furan rings is 1. The third-order valence-electron chi connectivity index (χ3n) is 8.51. The summed E-state index contributed by atoms with van der Waals surface area (Å²) in [4.78, 5) is 19.1.